The third-order valence-electron chi connectivity index (χ3n) is 2.05. The van der Waals surface area contributed by atoms with Crippen LogP contribution in [0.2, 0.25) is 0 Å². The molecule has 0 aliphatic rings. The van der Waals surface area contributed by atoms with Crippen molar-refractivity contribution in [2.24, 2.45) is 0 Å². The van der Waals surface area contributed by atoms with Gasteiger partial charge in [0.1, 0.15) is 5.00 Å². The van der Waals surface area contributed by atoms with Gasteiger partial charge in [-0.3, -0.25) is 0 Å². The zero-order chi connectivity index (χ0) is 11.3. The third kappa shape index (κ3) is 3.25. The lowest BCUT2D eigenvalue weighted by atomic mass is 10.4. The first-order valence-corrected chi connectivity index (χ1v) is 6.69. The minimum Gasteiger partial charge on any atom is -0.385 e. The quantitative estimate of drug-likeness (QED) is 0.615. The Bertz CT molecular complexity index is 304. The van der Waals surface area contributed by atoms with Gasteiger partial charge >= 0.3 is 0 Å². The molecule has 0 amide bonds. The van der Waals surface area contributed by atoms with Crippen LogP contribution in [-0.4, -0.2) is 37.9 Å². The predicted molar refractivity (Wildman–Crippen MR) is 68.1 cm³/mol. The predicted octanol–water partition coefficient (Wildman–Crippen LogP) is 1.92. The van der Waals surface area contributed by atoms with Crippen molar-refractivity contribution in [2.45, 2.75) is 11.3 Å². The van der Waals surface area contributed by atoms with E-state index in [0.717, 1.165) is 29.5 Å². The fourth-order valence-electron chi connectivity index (χ4n) is 1.27. The largest absolute Gasteiger partial charge is 0.385 e. The molecule has 4 nitrogen and oxygen atoms in total. The van der Waals surface area contributed by atoms with E-state index in [-0.39, 0.29) is 0 Å². The molecular formula is C9H17N3OS2. The number of hydrogen-bond acceptors (Lipinski definition) is 6. The molecule has 1 aromatic rings. The van der Waals surface area contributed by atoms with Crippen molar-refractivity contribution in [3.05, 3.63) is 0 Å². The van der Waals surface area contributed by atoms with Crippen LogP contribution in [0.1, 0.15) is 6.42 Å². The summed E-state index contributed by atoms with van der Waals surface area (Å²) in [5.74, 6) is 0.640. The Morgan fingerprint density at radius 1 is 1.60 bits per heavy atom. The number of nitrogen functional groups attached to an aromatic ring is 1. The SMILES string of the molecule is COCCCN(C)c1snc(N)c1SC. The van der Waals surface area contributed by atoms with Crippen LogP contribution < -0.4 is 10.6 Å². The Morgan fingerprint density at radius 2 is 2.33 bits per heavy atom. The first-order chi connectivity index (χ1) is 7.20. The van der Waals surface area contributed by atoms with E-state index in [1.54, 1.807) is 18.9 Å². The number of aromatic nitrogens is 1. The fourth-order valence-corrected chi connectivity index (χ4v) is 2.97. The Hall–Kier alpha value is -0.460. The number of thioether (sulfide) groups is 1. The Labute approximate surface area is 99.0 Å². The molecule has 0 aliphatic heterocycles. The summed E-state index contributed by atoms with van der Waals surface area (Å²) in [5, 5.41) is 1.15. The third-order valence-corrected chi connectivity index (χ3v) is 3.97. The minimum atomic E-state index is 0.640. The van der Waals surface area contributed by atoms with E-state index in [9.17, 15) is 0 Å². The molecule has 15 heavy (non-hydrogen) atoms. The molecule has 0 atom stereocenters. The van der Waals surface area contributed by atoms with Crippen molar-refractivity contribution in [1.29, 1.82) is 0 Å². The van der Waals surface area contributed by atoms with Gasteiger partial charge < -0.3 is 15.4 Å². The van der Waals surface area contributed by atoms with Gasteiger partial charge in [-0.25, -0.2) is 0 Å². The summed E-state index contributed by atoms with van der Waals surface area (Å²) in [6.45, 7) is 1.75. The summed E-state index contributed by atoms with van der Waals surface area (Å²) in [4.78, 5) is 3.26. The maximum Gasteiger partial charge on any atom is 0.153 e. The van der Waals surface area contributed by atoms with Crippen molar-refractivity contribution < 1.29 is 4.74 Å². The van der Waals surface area contributed by atoms with Crippen LogP contribution >= 0.6 is 23.3 Å². The number of anilines is 2. The van der Waals surface area contributed by atoms with Crippen LogP contribution in [-0.2, 0) is 4.74 Å². The molecule has 0 unspecified atom stereocenters. The van der Waals surface area contributed by atoms with Crippen LogP contribution in [0, 0.1) is 0 Å². The van der Waals surface area contributed by atoms with Crippen molar-refractivity contribution >= 4 is 34.1 Å². The van der Waals surface area contributed by atoms with E-state index in [1.807, 2.05) is 6.26 Å². The molecular weight excluding hydrogens is 230 g/mol. The lowest BCUT2D eigenvalue weighted by Gasteiger charge is -2.17. The van der Waals surface area contributed by atoms with Crippen LogP contribution in [0.25, 0.3) is 0 Å². The van der Waals surface area contributed by atoms with Gasteiger partial charge in [-0.15, -0.1) is 11.8 Å². The molecule has 0 aliphatic carbocycles. The number of rotatable bonds is 6. The van der Waals surface area contributed by atoms with Crippen molar-refractivity contribution in [1.82, 2.24) is 4.37 Å². The van der Waals surface area contributed by atoms with Gasteiger partial charge in [0.15, 0.2) is 5.82 Å². The second kappa shape index (κ2) is 6.19. The zero-order valence-electron chi connectivity index (χ0n) is 9.32. The van der Waals surface area contributed by atoms with E-state index in [0.29, 0.717) is 5.82 Å². The monoisotopic (exact) mass is 247 g/mol. The molecule has 0 bridgehead atoms. The Balaban J connectivity index is 2.60. The van der Waals surface area contributed by atoms with Crippen LogP contribution in [0.15, 0.2) is 4.90 Å². The highest BCUT2D eigenvalue weighted by molar-refractivity contribution is 7.99. The lowest BCUT2D eigenvalue weighted by molar-refractivity contribution is 0.196. The van der Waals surface area contributed by atoms with Crippen LogP contribution in [0.3, 0.4) is 0 Å². The van der Waals surface area contributed by atoms with Gasteiger partial charge in [0.2, 0.25) is 0 Å². The lowest BCUT2D eigenvalue weighted by Crippen LogP contribution is -2.19. The maximum atomic E-state index is 5.77. The maximum absolute atomic E-state index is 5.77. The van der Waals surface area contributed by atoms with Gasteiger partial charge in [0, 0.05) is 27.3 Å². The molecule has 0 radical (unpaired) electrons. The van der Waals surface area contributed by atoms with Gasteiger partial charge in [0.05, 0.1) is 4.90 Å². The van der Waals surface area contributed by atoms with E-state index in [1.165, 1.54) is 11.5 Å². The normalized spacial score (nSPS) is 10.6. The Morgan fingerprint density at radius 3 is 2.93 bits per heavy atom. The summed E-state index contributed by atoms with van der Waals surface area (Å²) in [6, 6.07) is 0. The molecule has 0 saturated heterocycles. The summed E-state index contributed by atoms with van der Waals surface area (Å²) in [6.07, 6.45) is 3.03. The molecule has 1 aromatic heterocycles. The molecule has 86 valence electrons. The fraction of sp³-hybridized carbons (Fsp3) is 0.667. The van der Waals surface area contributed by atoms with E-state index in [4.69, 9.17) is 10.5 Å². The van der Waals surface area contributed by atoms with Gasteiger partial charge in [-0.2, -0.15) is 4.37 Å². The molecule has 0 spiro atoms. The van der Waals surface area contributed by atoms with Crippen LogP contribution in [0.5, 0.6) is 0 Å². The van der Waals surface area contributed by atoms with Crippen molar-refractivity contribution in [3.8, 4) is 0 Å². The van der Waals surface area contributed by atoms with Crippen molar-refractivity contribution in [3.63, 3.8) is 0 Å². The summed E-state index contributed by atoms with van der Waals surface area (Å²) in [5.41, 5.74) is 5.77. The second-order valence-corrected chi connectivity index (χ2v) is 4.74. The molecule has 6 heteroatoms. The highest BCUT2D eigenvalue weighted by Crippen LogP contribution is 2.36. The first-order valence-electron chi connectivity index (χ1n) is 4.70. The number of methoxy groups -OCH3 is 1. The number of nitrogens with two attached hydrogens (primary N) is 1. The number of nitrogens with zero attached hydrogens (tertiary/aromatic N) is 2. The molecule has 0 aromatic carbocycles. The van der Waals surface area contributed by atoms with Gasteiger partial charge in [0.25, 0.3) is 0 Å². The zero-order valence-corrected chi connectivity index (χ0v) is 11.0. The number of hydrogen-bond donors (Lipinski definition) is 1. The average Bonchev–Trinajstić information content (AvgIpc) is 2.59. The van der Waals surface area contributed by atoms with E-state index < -0.39 is 0 Å². The topological polar surface area (TPSA) is 51.4 Å². The Kier molecular flexibility index (Phi) is 5.21. The molecule has 1 rings (SSSR count). The van der Waals surface area contributed by atoms with E-state index >= 15 is 0 Å². The molecule has 1 heterocycles. The standard InChI is InChI=1S/C9H17N3OS2/c1-12(5-4-6-13-2)9-7(14-3)8(10)11-15-9/h4-6H2,1-3H3,(H2,10,11). The highest BCUT2D eigenvalue weighted by Gasteiger charge is 2.13. The summed E-state index contributed by atoms with van der Waals surface area (Å²) in [7, 11) is 3.78. The molecule has 2 N–H and O–H groups in total. The average molecular weight is 247 g/mol. The first kappa shape index (κ1) is 12.6. The highest BCUT2D eigenvalue weighted by atomic mass is 32.2. The summed E-state index contributed by atoms with van der Waals surface area (Å²) >= 11 is 3.10. The smallest absolute Gasteiger partial charge is 0.153 e. The van der Waals surface area contributed by atoms with Gasteiger partial charge in [-0.1, -0.05) is 0 Å². The molecule has 0 fully saturated rings. The van der Waals surface area contributed by atoms with Gasteiger partial charge in [-0.05, 0) is 24.2 Å². The summed E-state index contributed by atoms with van der Waals surface area (Å²) < 4.78 is 9.18. The second-order valence-electron chi connectivity index (χ2n) is 3.17. The molecule has 0 saturated carbocycles. The van der Waals surface area contributed by atoms with Crippen molar-refractivity contribution in [2.75, 3.05) is 44.2 Å². The number of ether oxygens (including phenoxy) is 1. The van der Waals surface area contributed by atoms with E-state index in [2.05, 4.69) is 16.3 Å². The van der Waals surface area contributed by atoms with Crippen LogP contribution in [0.4, 0.5) is 10.8 Å². The minimum absolute atomic E-state index is 0.640.